The SMILES string of the molecule is C[CH]OC(=O)OCCCC[C@@H](C)O[N+](=O)[O-]. The highest BCUT2D eigenvalue weighted by Crippen LogP contribution is 2.04. The summed E-state index contributed by atoms with van der Waals surface area (Å²) < 4.78 is 9.10. The van der Waals surface area contributed by atoms with Gasteiger partial charge in [0.1, 0.15) is 12.7 Å². The number of ether oxygens (including phenoxy) is 2. The van der Waals surface area contributed by atoms with Crippen LogP contribution in [0.25, 0.3) is 0 Å². The van der Waals surface area contributed by atoms with Crippen molar-refractivity contribution < 1.29 is 24.2 Å². The van der Waals surface area contributed by atoms with Gasteiger partial charge in [0.2, 0.25) is 0 Å². The van der Waals surface area contributed by atoms with Gasteiger partial charge in [0.05, 0.1) is 6.61 Å². The average molecular weight is 234 g/mol. The lowest BCUT2D eigenvalue weighted by molar-refractivity contribution is -0.767. The van der Waals surface area contributed by atoms with Crippen LogP contribution in [-0.4, -0.2) is 24.0 Å². The molecule has 7 nitrogen and oxygen atoms in total. The molecule has 0 aromatic rings. The van der Waals surface area contributed by atoms with Crippen LogP contribution in [0.1, 0.15) is 33.1 Å². The fourth-order valence-corrected chi connectivity index (χ4v) is 1.02. The molecule has 1 radical (unpaired) electrons. The Morgan fingerprint density at radius 3 is 2.75 bits per heavy atom. The van der Waals surface area contributed by atoms with E-state index in [2.05, 4.69) is 14.3 Å². The molecule has 1 atom stereocenters. The van der Waals surface area contributed by atoms with E-state index in [0.717, 1.165) is 0 Å². The van der Waals surface area contributed by atoms with Crippen LogP contribution in [0.2, 0.25) is 0 Å². The van der Waals surface area contributed by atoms with E-state index in [1.54, 1.807) is 13.8 Å². The maximum Gasteiger partial charge on any atom is 0.508 e. The van der Waals surface area contributed by atoms with Gasteiger partial charge in [-0.25, -0.2) is 4.79 Å². The van der Waals surface area contributed by atoms with Crippen molar-refractivity contribution >= 4 is 6.16 Å². The molecule has 0 aliphatic heterocycles. The first kappa shape index (κ1) is 14.5. The molecule has 0 rings (SSSR count). The van der Waals surface area contributed by atoms with Gasteiger partial charge in [0.15, 0.2) is 0 Å². The van der Waals surface area contributed by atoms with Gasteiger partial charge in [-0.05, 0) is 33.1 Å². The largest absolute Gasteiger partial charge is 0.508 e. The van der Waals surface area contributed by atoms with E-state index >= 15 is 0 Å². The Kier molecular flexibility index (Phi) is 7.92. The maximum atomic E-state index is 10.7. The zero-order chi connectivity index (χ0) is 12.4. The first-order valence-electron chi connectivity index (χ1n) is 4.98. The third-order valence-corrected chi connectivity index (χ3v) is 1.70. The van der Waals surface area contributed by atoms with Crippen molar-refractivity contribution in [3.8, 4) is 0 Å². The summed E-state index contributed by atoms with van der Waals surface area (Å²) in [7, 11) is 0. The van der Waals surface area contributed by atoms with Crippen LogP contribution in [-0.2, 0) is 14.3 Å². The molecule has 0 aliphatic rings. The highest BCUT2D eigenvalue weighted by molar-refractivity contribution is 5.60. The quantitative estimate of drug-likeness (QED) is 0.276. The molecule has 0 saturated carbocycles. The summed E-state index contributed by atoms with van der Waals surface area (Å²) in [4.78, 5) is 25.0. The van der Waals surface area contributed by atoms with E-state index in [1.807, 2.05) is 0 Å². The van der Waals surface area contributed by atoms with Gasteiger partial charge in [-0.15, -0.1) is 10.1 Å². The number of rotatable bonds is 8. The zero-order valence-corrected chi connectivity index (χ0v) is 9.38. The van der Waals surface area contributed by atoms with Crippen LogP contribution in [0.5, 0.6) is 0 Å². The third-order valence-electron chi connectivity index (χ3n) is 1.70. The fraction of sp³-hybridized carbons (Fsp3) is 0.778. The van der Waals surface area contributed by atoms with Crippen LogP contribution in [0, 0.1) is 16.7 Å². The lowest BCUT2D eigenvalue weighted by atomic mass is 10.2. The summed E-state index contributed by atoms with van der Waals surface area (Å²) in [6.07, 6.45) is 0.657. The summed E-state index contributed by atoms with van der Waals surface area (Å²) >= 11 is 0. The molecule has 7 heteroatoms. The van der Waals surface area contributed by atoms with Crippen molar-refractivity contribution in [2.45, 2.75) is 39.2 Å². The topological polar surface area (TPSA) is 87.9 Å². The van der Waals surface area contributed by atoms with Crippen LogP contribution in [0.3, 0.4) is 0 Å². The molecule has 0 spiro atoms. The molecule has 0 heterocycles. The number of carbonyl (C=O) groups is 1. The summed E-state index contributed by atoms with van der Waals surface area (Å²) in [6, 6.07) is 0. The molecule has 0 aliphatic carbocycles. The maximum absolute atomic E-state index is 10.7. The van der Waals surface area contributed by atoms with Gasteiger partial charge >= 0.3 is 6.16 Å². The second kappa shape index (κ2) is 8.75. The van der Waals surface area contributed by atoms with Gasteiger partial charge in [0, 0.05) is 0 Å². The van der Waals surface area contributed by atoms with E-state index < -0.39 is 17.3 Å². The van der Waals surface area contributed by atoms with E-state index in [0.29, 0.717) is 19.3 Å². The monoisotopic (exact) mass is 234 g/mol. The summed E-state index contributed by atoms with van der Waals surface area (Å²) in [6.45, 7) is 4.65. The second-order valence-electron chi connectivity index (χ2n) is 3.09. The molecule has 16 heavy (non-hydrogen) atoms. The highest BCUT2D eigenvalue weighted by atomic mass is 17.0. The van der Waals surface area contributed by atoms with Crippen molar-refractivity contribution in [2.75, 3.05) is 6.61 Å². The Bertz CT molecular complexity index is 220. The summed E-state index contributed by atoms with van der Waals surface area (Å²) in [5.41, 5.74) is 0. The number of unbranched alkanes of at least 4 members (excludes halogenated alkanes) is 1. The number of nitrogens with zero attached hydrogens (tertiary/aromatic N) is 1. The molecular weight excluding hydrogens is 218 g/mol. The molecular formula is C9H16NO6. The van der Waals surface area contributed by atoms with E-state index in [-0.39, 0.29) is 6.61 Å². The minimum absolute atomic E-state index is 0.234. The van der Waals surface area contributed by atoms with Crippen molar-refractivity contribution in [3.05, 3.63) is 16.7 Å². The van der Waals surface area contributed by atoms with Gasteiger partial charge in [-0.3, -0.25) is 0 Å². The van der Waals surface area contributed by atoms with Crippen LogP contribution in [0.4, 0.5) is 4.79 Å². The predicted molar refractivity (Wildman–Crippen MR) is 53.8 cm³/mol. The van der Waals surface area contributed by atoms with Gasteiger partial charge in [0.25, 0.3) is 5.09 Å². The molecule has 0 bridgehead atoms. The Hall–Kier alpha value is -1.53. The van der Waals surface area contributed by atoms with Crippen molar-refractivity contribution in [3.63, 3.8) is 0 Å². The van der Waals surface area contributed by atoms with Gasteiger partial charge in [-0.2, -0.15) is 0 Å². The Labute approximate surface area is 93.8 Å². The van der Waals surface area contributed by atoms with Crippen molar-refractivity contribution in [2.24, 2.45) is 0 Å². The van der Waals surface area contributed by atoms with E-state index in [9.17, 15) is 14.9 Å². The standard InChI is InChI=1S/C9H16NO6/c1-3-14-9(11)15-7-5-4-6-8(2)16-10(12)13/h3,8H,4-7H2,1-2H3/t8-/m1/s1. The molecule has 0 N–H and O–H groups in total. The number of hydrogen-bond acceptors (Lipinski definition) is 6. The molecule has 93 valence electrons. The zero-order valence-electron chi connectivity index (χ0n) is 9.38. The van der Waals surface area contributed by atoms with E-state index in [4.69, 9.17) is 0 Å². The van der Waals surface area contributed by atoms with Crippen LogP contribution in [0.15, 0.2) is 0 Å². The molecule has 0 fully saturated rings. The fourth-order valence-electron chi connectivity index (χ4n) is 1.02. The molecule has 0 aromatic heterocycles. The first-order valence-corrected chi connectivity index (χ1v) is 4.98. The van der Waals surface area contributed by atoms with Crippen LogP contribution < -0.4 is 0 Å². The average Bonchev–Trinajstić information content (AvgIpc) is 2.16. The van der Waals surface area contributed by atoms with Crippen LogP contribution >= 0.6 is 0 Å². The second-order valence-corrected chi connectivity index (χ2v) is 3.09. The summed E-state index contributed by atoms with van der Waals surface area (Å²) in [5, 5.41) is 9.14. The Morgan fingerprint density at radius 1 is 1.50 bits per heavy atom. The summed E-state index contributed by atoms with van der Waals surface area (Å²) in [5.74, 6) is 0. The van der Waals surface area contributed by atoms with Crippen molar-refractivity contribution in [1.82, 2.24) is 0 Å². The lowest BCUT2D eigenvalue weighted by Crippen LogP contribution is -2.13. The molecule has 0 unspecified atom stereocenters. The van der Waals surface area contributed by atoms with Gasteiger partial charge in [-0.1, -0.05) is 0 Å². The smallest absolute Gasteiger partial charge is 0.434 e. The minimum Gasteiger partial charge on any atom is -0.434 e. The normalized spacial score (nSPS) is 11.6. The minimum atomic E-state index is -0.810. The molecule has 0 aromatic carbocycles. The van der Waals surface area contributed by atoms with E-state index in [1.165, 1.54) is 6.61 Å². The number of carbonyl (C=O) groups excluding carboxylic acids is 1. The third kappa shape index (κ3) is 9.04. The first-order chi connectivity index (χ1) is 7.56. The van der Waals surface area contributed by atoms with Gasteiger partial charge < -0.3 is 14.3 Å². The Morgan fingerprint density at radius 2 is 2.19 bits per heavy atom. The Balaban J connectivity index is 3.32. The number of hydrogen-bond donors (Lipinski definition) is 0. The molecule has 0 saturated heterocycles. The molecule has 0 amide bonds. The predicted octanol–water partition coefficient (Wildman–Crippen LogP) is 2.09. The lowest BCUT2D eigenvalue weighted by Gasteiger charge is -2.08. The van der Waals surface area contributed by atoms with Crippen molar-refractivity contribution in [1.29, 1.82) is 0 Å². The highest BCUT2D eigenvalue weighted by Gasteiger charge is 2.07.